The maximum atomic E-state index is 13.0. The van der Waals surface area contributed by atoms with Crippen LogP contribution in [0.2, 0.25) is 0 Å². The third kappa shape index (κ3) is 2.77. The van der Waals surface area contributed by atoms with E-state index in [1.807, 2.05) is 17.0 Å². The molecule has 2 heterocycles. The Labute approximate surface area is 151 Å². The summed E-state index contributed by atoms with van der Waals surface area (Å²) in [5.41, 5.74) is 2.29. The number of piperidine rings is 1. The lowest BCUT2D eigenvalue weighted by atomic mass is 9.85. The minimum absolute atomic E-state index is 0.151. The summed E-state index contributed by atoms with van der Waals surface area (Å²) < 4.78 is 1.05. The lowest BCUT2D eigenvalue weighted by Gasteiger charge is -2.39. The number of likely N-dealkylation sites (tertiary alicyclic amines) is 1. The fourth-order valence-electron chi connectivity index (χ4n) is 4.37. The average Bonchev–Trinajstić information content (AvgIpc) is 3.33. The van der Waals surface area contributed by atoms with Crippen molar-refractivity contribution in [1.82, 2.24) is 9.80 Å². The number of nitrogens with zero attached hydrogens (tertiary/aromatic N) is 2. The van der Waals surface area contributed by atoms with Gasteiger partial charge in [-0.3, -0.25) is 9.59 Å². The Morgan fingerprint density at radius 3 is 2.88 bits per heavy atom. The number of carbonyl (C=O) groups is 2. The van der Waals surface area contributed by atoms with E-state index >= 15 is 0 Å². The quantitative estimate of drug-likeness (QED) is 0.777. The Kier molecular flexibility index (Phi) is 3.94. The van der Waals surface area contributed by atoms with Crippen molar-refractivity contribution >= 4 is 27.7 Å². The molecular weight excluding hydrogens is 368 g/mol. The normalized spacial score (nSPS) is 24.9. The Morgan fingerprint density at radius 1 is 1.38 bits per heavy atom. The van der Waals surface area contributed by atoms with Crippen LogP contribution in [-0.4, -0.2) is 47.8 Å². The van der Waals surface area contributed by atoms with Gasteiger partial charge in [-0.15, -0.1) is 0 Å². The molecule has 2 fully saturated rings. The molecule has 4 nitrogen and oxygen atoms in total. The maximum Gasteiger partial charge on any atom is 0.254 e. The van der Waals surface area contributed by atoms with Gasteiger partial charge in [-0.1, -0.05) is 15.9 Å². The molecule has 0 radical (unpaired) electrons. The van der Waals surface area contributed by atoms with Crippen molar-refractivity contribution in [1.29, 1.82) is 0 Å². The van der Waals surface area contributed by atoms with Gasteiger partial charge < -0.3 is 9.80 Å². The average molecular weight is 391 g/mol. The van der Waals surface area contributed by atoms with Crippen LogP contribution in [0.5, 0.6) is 0 Å². The zero-order valence-electron chi connectivity index (χ0n) is 14.1. The highest BCUT2D eigenvalue weighted by Crippen LogP contribution is 2.52. The molecule has 0 bridgehead atoms. The summed E-state index contributed by atoms with van der Waals surface area (Å²) in [5.74, 6) is 0.716. The molecule has 2 amide bonds. The van der Waals surface area contributed by atoms with Crippen LogP contribution in [-0.2, 0) is 10.2 Å². The molecule has 2 aliphatic heterocycles. The number of amides is 2. The first-order valence-electron chi connectivity index (χ1n) is 8.83. The van der Waals surface area contributed by atoms with Gasteiger partial charge in [-0.05, 0) is 55.4 Å². The van der Waals surface area contributed by atoms with Crippen LogP contribution >= 0.6 is 15.9 Å². The minimum atomic E-state index is 0.151. The van der Waals surface area contributed by atoms with Gasteiger partial charge in [0, 0.05) is 48.6 Å². The molecule has 1 aromatic rings. The molecule has 128 valence electrons. The van der Waals surface area contributed by atoms with Crippen molar-refractivity contribution in [3.63, 3.8) is 0 Å². The van der Waals surface area contributed by atoms with Crippen molar-refractivity contribution in [2.75, 3.05) is 26.2 Å². The predicted molar refractivity (Wildman–Crippen MR) is 95.9 cm³/mol. The monoisotopic (exact) mass is 390 g/mol. The molecule has 5 heteroatoms. The predicted octanol–water partition coefficient (Wildman–Crippen LogP) is 3.20. The molecular formula is C19H23BrN2O2. The standard InChI is InChI=1S/C19H23BrN2O2/c1-13(23)21-8-2-3-14(10-21)11-22-12-19(6-7-19)17-9-15(20)4-5-16(17)18(22)24/h4-5,9,14H,2-3,6-8,10-12H2,1H3. The number of carbonyl (C=O) groups excluding carboxylic acids is 2. The van der Waals surface area contributed by atoms with E-state index in [2.05, 4.69) is 26.9 Å². The molecule has 0 aromatic heterocycles. The molecule has 0 N–H and O–H groups in total. The van der Waals surface area contributed by atoms with Crippen LogP contribution in [0.3, 0.4) is 0 Å². The van der Waals surface area contributed by atoms with E-state index in [0.717, 1.165) is 49.1 Å². The van der Waals surface area contributed by atoms with Gasteiger partial charge in [-0.2, -0.15) is 0 Å². The van der Waals surface area contributed by atoms with E-state index in [0.29, 0.717) is 5.92 Å². The van der Waals surface area contributed by atoms with Crippen LogP contribution < -0.4 is 0 Å². The first-order valence-corrected chi connectivity index (χ1v) is 9.63. The van der Waals surface area contributed by atoms with Gasteiger partial charge in [0.05, 0.1) is 0 Å². The van der Waals surface area contributed by atoms with Crippen molar-refractivity contribution < 1.29 is 9.59 Å². The summed E-state index contributed by atoms with van der Waals surface area (Å²) >= 11 is 3.54. The van der Waals surface area contributed by atoms with Crippen molar-refractivity contribution in [2.45, 2.75) is 38.0 Å². The van der Waals surface area contributed by atoms with E-state index in [1.54, 1.807) is 6.92 Å². The lowest BCUT2D eigenvalue weighted by Crippen LogP contribution is -2.48. The van der Waals surface area contributed by atoms with Gasteiger partial charge in [-0.25, -0.2) is 0 Å². The highest BCUT2D eigenvalue weighted by atomic mass is 79.9. The van der Waals surface area contributed by atoms with Gasteiger partial charge in [0.15, 0.2) is 0 Å². The summed E-state index contributed by atoms with van der Waals surface area (Å²) in [6.45, 7) is 4.91. The summed E-state index contributed by atoms with van der Waals surface area (Å²) in [6.07, 6.45) is 4.49. The van der Waals surface area contributed by atoms with E-state index < -0.39 is 0 Å². The molecule has 1 saturated carbocycles. The largest absolute Gasteiger partial charge is 0.343 e. The van der Waals surface area contributed by atoms with Crippen molar-refractivity contribution in [3.8, 4) is 0 Å². The highest BCUT2D eigenvalue weighted by molar-refractivity contribution is 9.10. The van der Waals surface area contributed by atoms with Gasteiger partial charge in [0.2, 0.25) is 5.91 Å². The van der Waals surface area contributed by atoms with Crippen LogP contribution in [0, 0.1) is 5.92 Å². The lowest BCUT2D eigenvalue weighted by molar-refractivity contribution is -0.130. The summed E-state index contributed by atoms with van der Waals surface area (Å²) in [7, 11) is 0. The molecule has 1 atom stereocenters. The van der Waals surface area contributed by atoms with Crippen LogP contribution in [0.15, 0.2) is 22.7 Å². The SMILES string of the molecule is CC(=O)N1CCCC(CN2CC3(CC3)c3cc(Br)ccc3C2=O)C1. The fourth-order valence-corrected chi connectivity index (χ4v) is 4.73. The van der Waals surface area contributed by atoms with Gasteiger partial charge in [0.1, 0.15) is 0 Å². The third-order valence-electron chi connectivity index (χ3n) is 5.86. The Bertz CT molecular complexity index is 699. The van der Waals surface area contributed by atoms with E-state index in [1.165, 1.54) is 18.4 Å². The first-order chi connectivity index (χ1) is 11.5. The summed E-state index contributed by atoms with van der Waals surface area (Å²) in [4.78, 5) is 28.6. The number of fused-ring (bicyclic) bond motifs is 2. The molecule has 1 spiro atoms. The summed E-state index contributed by atoms with van der Waals surface area (Å²) in [6, 6.07) is 6.07. The molecule has 3 aliphatic rings. The molecule has 1 saturated heterocycles. The third-order valence-corrected chi connectivity index (χ3v) is 6.35. The molecule has 4 rings (SSSR count). The summed E-state index contributed by atoms with van der Waals surface area (Å²) in [5, 5.41) is 0. The maximum absolute atomic E-state index is 13.0. The van der Waals surface area contributed by atoms with E-state index in [9.17, 15) is 9.59 Å². The Hall–Kier alpha value is -1.36. The zero-order valence-corrected chi connectivity index (χ0v) is 15.6. The Morgan fingerprint density at radius 2 is 2.17 bits per heavy atom. The second-order valence-electron chi connectivity index (χ2n) is 7.63. The topological polar surface area (TPSA) is 40.6 Å². The molecule has 1 unspecified atom stereocenters. The highest BCUT2D eigenvalue weighted by Gasteiger charge is 2.51. The smallest absolute Gasteiger partial charge is 0.254 e. The van der Waals surface area contributed by atoms with E-state index in [-0.39, 0.29) is 17.2 Å². The number of benzene rings is 1. The Balaban J connectivity index is 1.54. The number of halogens is 1. The number of rotatable bonds is 2. The van der Waals surface area contributed by atoms with Gasteiger partial charge >= 0.3 is 0 Å². The van der Waals surface area contributed by atoms with Crippen LogP contribution in [0.4, 0.5) is 0 Å². The van der Waals surface area contributed by atoms with Crippen LogP contribution in [0.1, 0.15) is 48.5 Å². The number of hydrogen-bond acceptors (Lipinski definition) is 2. The van der Waals surface area contributed by atoms with Crippen molar-refractivity contribution in [3.05, 3.63) is 33.8 Å². The molecule has 1 aromatic carbocycles. The van der Waals surface area contributed by atoms with E-state index in [4.69, 9.17) is 0 Å². The first kappa shape index (κ1) is 16.1. The molecule has 24 heavy (non-hydrogen) atoms. The van der Waals surface area contributed by atoms with Gasteiger partial charge in [0.25, 0.3) is 5.91 Å². The van der Waals surface area contributed by atoms with Crippen molar-refractivity contribution in [2.24, 2.45) is 5.92 Å². The fraction of sp³-hybridized carbons (Fsp3) is 0.579. The molecule has 1 aliphatic carbocycles. The zero-order chi connectivity index (χ0) is 16.9. The second kappa shape index (κ2) is 5.87. The number of hydrogen-bond donors (Lipinski definition) is 0. The van der Waals surface area contributed by atoms with Crippen LogP contribution in [0.25, 0.3) is 0 Å². The second-order valence-corrected chi connectivity index (χ2v) is 8.54. The minimum Gasteiger partial charge on any atom is -0.343 e.